The Hall–Kier alpha value is -0.0800. The molecule has 0 aromatic rings. The maximum absolute atomic E-state index is 9.53. The van der Waals surface area contributed by atoms with Gasteiger partial charge in [-0.2, -0.15) is 0 Å². The fourth-order valence-electron chi connectivity index (χ4n) is 2.76. The predicted octanol–water partition coefficient (Wildman–Crippen LogP) is 1.63. The molecule has 1 heterocycles. The van der Waals surface area contributed by atoms with E-state index in [4.69, 9.17) is 0 Å². The maximum Gasteiger partial charge on any atom is 0.0543 e. The van der Waals surface area contributed by atoms with Crippen LogP contribution >= 0.6 is 0 Å². The van der Waals surface area contributed by atoms with Gasteiger partial charge in [-0.25, -0.2) is 0 Å². The van der Waals surface area contributed by atoms with E-state index in [-0.39, 0.29) is 6.10 Å². The molecule has 1 saturated heterocycles. The lowest BCUT2D eigenvalue weighted by molar-refractivity contribution is 0.0878. The van der Waals surface area contributed by atoms with E-state index in [0.717, 1.165) is 18.8 Å². The molecule has 0 aromatic heterocycles. The quantitative estimate of drug-likeness (QED) is 0.703. The van der Waals surface area contributed by atoms with Gasteiger partial charge in [-0.3, -0.25) is 0 Å². The van der Waals surface area contributed by atoms with Crippen LogP contribution in [0.5, 0.6) is 0 Å². The van der Waals surface area contributed by atoms with Crippen molar-refractivity contribution >= 4 is 0 Å². The molecular formula is C11H21NO. The molecule has 2 atom stereocenters. The van der Waals surface area contributed by atoms with Crippen molar-refractivity contribution < 1.29 is 5.11 Å². The van der Waals surface area contributed by atoms with Crippen LogP contribution in [0.1, 0.15) is 38.5 Å². The zero-order chi connectivity index (χ0) is 9.10. The van der Waals surface area contributed by atoms with Crippen molar-refractivity contribution in [1.82, 2.24) is 4.90 Å². The summed E-state index contributed by atoms with van der Waals surface area (Å²) in [6.45, 7) is 3.84. The summed E-state index contributed by atoms with van der Waals surface area (Å²) in [5, 5.41) is 9.53. The Kier molecular flexibility index (Phi) is 3.23. The summed E-state index contributed by atoms with van der Waals surface area (Å²) in [4.78, 5) is 2.57. The van der Waals surface area contributed by atoms with Crippen LogP contribution in [0, 0.1) is 5.92 Å². The SMILES string of the molecule is OC1CCC[C@H](CN2CCCC2)C1. The fourth-order valence-corrected chi connectivity index (χ4v) is 2.76. The molecule has 1 aliphatic carbocycles. The van der Waals surface area contributed by atoms with Gasteiger partial charge in [-0.05, 0) is 51.1 Å². The van der Waals surface area contributed by atoms with Gasteiger partial charge >= 0.3 is 0 Å². The third-order valence-electron chi connectivity index (χ3n) is 3.47. The average Bonchev–Trinajstić information content (AvgIpc) is 2.57. The number of rotatable bonds is 2. The number of aliphatic hydroxyl groups is 1. The normalized spacial score (nSPS) is 36.7. The van der Waals surface area contributed by atoms with Crippen LogP contribution in [0.15, 0.2) is 0 Å². The smallest absolute Gasteiger partial charge is 0.0543 e. The molecule has 0 bridgehead atoms. The first-order chi connectivity index (χ1) is 6.34. The summed E-state index contributed by atoms with van der Waals surface area (Å²) in [7, 11) is 0. The lowest BCUT2D eigenvalue weighted by Crippen LogP contribution is -2.31. The summed E-state index contributed by atoms with van der Waals surface area (Å²) in [5.41, 5.74) is 0. The molecule has 2 nitrogen and oxygen atoms in total. The van der Waals surface area contributed by atoms with Gasteiger partial charge in [0.05, 0.1) is 6.10 Å². The molecule has 2 aliphatic rings. The molecule has 1 saturated carbocycles. The highest BCUT2D eigenvalue weighted by Gasteiger charge is 2.23. The predicted molar refractivity (Wildman–Crippen MR) is 53.6 cm³/mol. The highest BCUT2D eigenvalue weighted by atomic mass is 16.3. The van der Waals surface area contributed by atoms with Gasteiger partial charge in [0.25, 0.3) is 0 Å². The Bertz CT molecular complexity index is 154. The van der Waals surface area contributed by atoms with E-state index in [9.17, 15) is 5.11 Å². The Morgan fingerprint density at radius 1 is 1.08 bits per heavy atom. The monoisotopic (exact) mass is 183 g/mol. The first-order valence-electron chi connectivity index (χ1n) is 5.75. The van der Waals surface area contributed by atoms with Gasteiger partial charge in [-0.1, -0.05) is 6.42 Å². The van der Waals surface area contributed by atoms with Crippen LogP contribution in [-0.4, -0.2) is 35.7 Å². The van der Waals surface area contributed by atoms with Crippen molar-refractivity contribution in [2.45, 2.75) is 44.6 Å². The molecule has 2 heteroatoms. The first-order valence-corrected chi connectivity index (χ1v) is 5.75. The lowest BCUT2D eigenvalue weighted by Gasteiger charge is -2.29. The molecule has 0 spiro atoms. The third kappa shape index (κ3) is 2.68. The third-order valence-corrected chi connectivity index (χ3v) is 3.47. The Labute approximate surface area is 80.9 Å². The second-order valence-corrected chi connectivity index (χ2v) is 4.69. The summed E-state index contributed by atoms with van der Waals surface area (Å²) >= 11 is 0. The summed E-state index contributed by atoms with van der Waals surface area (Å²) in [5.74, 6) is 0.779. The van der Waals surface area contributed by atoms with Crippen molar-refractivity contribution in [3.8, 4) is 0 Å². The lowest BCUT2D eigenvalue weighted by atomic mass is 9.87. The molecule has 0 radical (unpaired) electrons. The van der Waals surface area contributed by atoms with Crippen molar-refractivity contribution in [1.29, 1.82) is 0 Å². The standard InChI is InChI=1S/C11H21NO/c13-11-5-3-4-10(8-11)9-12-6-1-2-7-12/h10-11,13H,1-9H2/t10-,11?/m0/s1. The van der Waals surface area contributed by atoms with Crippen LogP contribution in [0.3, 0.4) is 0 Å². The van der Waals surface area contributed by atoms with E-state index in [1.165, 1.54) is 45.3 Å². The fraction of sp³-hybridized carbons (Fsp3) is 1.00. The number of likely N-dealkylation sites (tertiary alicyclic amines) is 1. The van der Waals surface area contributed by atoms with Gasteiger partial charge < -0.3 is 10.0 Å². The molecule has 1 unspecified atom stereocenters. The van der Waals surface area contributed by atoms with E-state index in [0.29, 0.717) is 0 Å². The van der Waals surface area contributed by atoms with Crippen molar-refractivity contribution in [3.05, 3.63) is 0 Å². The summed E-state index contributed by atoms with van der Waals surface area (Å²) in [6, 6.07) is 0. The van der Waals surface area contributed by atoms with Gasteiger partial charge in [0.2, 0.25) is 0 Å². The van der Waals surface area contributed by atoms with Gasteiger partial charge in [-0.15, -0.1) is 0 Å². The molecule has 0 aromatic carbocycles. The van der Waals surface area contributed by atoms with Crippen LogP contribution in [0.4, 0.5) is 0 Å². The highest BCUT2D eigenvalue weighted by molar-refractivity contribution is 4.77. The Balaban J connectivity index is 1.73. The van der Waals surface area contributed by atoms with E-state index in [1.807, 2.05) is 0 Å². The summed E-state index contributed by atoms with van der Waals surface area (Å²) in [6.07, 6.45) is 7.44. The number of nitrogens with zero attached hydrogens (tertiary/aromatic N) is 1. The largest absolute Gasteiger partial charge is 0.393 e. The Morgan fingerprint density at radius 3 is 2.54 bits per heavy atom. The Morgan fingerprint density at radius 2 is 1.85 bits per heavy atom. The van der Waals surface area contributed by atoms with E-state index in [2.05, 4.69) is 4.90 Å². The molecule has 1 N–H and O–H groups in total. The minimum Gasteiger partial charge on any atom is -0.393 e. The maximum atomic E-state index is 9.53. The van der Waals surface area contributed by atoms with Gasteiger partial charge in [0.1, 0.15) is 0 Å². The van der Waals surface area contributed by atoms with Crippen molar-refractivity contribution in [3.63, 3.8) is 0 Å². The molecule has 2 fully saturated rings. The van der Waals surface area contributed by atoms with Crippen molar-refractivity contribution in [2.24, 2.45) is 5.92 Å². The van der Waals surface area contributed by atoms with Crippen LogP contribution in [0.25, 0.3) is 0 Å². The molecule has 0 amide bonds. The minimum absolute atomic E-state index is 0.00125. The number of hydrogen-bond acceptors (Lipinski definition) is 2. The van der Waals surface area contributed by atoms with Crippen LogP contribution < -0.4 is 0 Å². The average molecular weight is 183 g/mol. The zero-order valence-corrected chi connectivity index (χ0v) is 8.41. The van der Waals surface area contributed by atoms with E-state index < -0.39 is 0 Å². The summed E-state index contributed by atoms with van der Waals surface area (Å²) < 4.78 is 0. The van der Waals surface area contributed by atoms with E-state index in [1.54, 1.807) is 0 Å². The topological polar surface area (TPSA) is 23.5 Å². The number of hydrogen-bond donors (Lipinski definition) is 1. The molecular weight excluding hydrogens is 162 g/mol. The van der Waals surface area contributed by atoms with Gasteiger partial charge in [0.15, 0.2) is 0 Å². The number of aliphatic hydroxyl groups excluding tert-OH is 1. The molecule has 13 heavy (non-hydrogen) atoms. The van der Waals surface area contributed by atoms with E-state index >= 15 is 0 Å². The highest BCUT2D eigenvalue weighted by Crippen LogP contribution is 2.25. The van der Waals surface area contributed by atoms with Gasteiger partial charge in [0, 0.05) is 6.54 Å². The zero-order valence-electron chi connectivity index (χ0n) is 8.41. The first kappa shape index (κ1) is 9.47. The van der Waals surface area contributed by atoms with Crippen LogP contribution in [0.2, 0.25) is 0 Å². The van der Waals surface area contributed by atoms with Crippen molar-refractivity contribution in [2.75, 3.05) is 19.6 Å². The molecule has 1 aliphatic heterocycles. The molecule has 2 rings (SSSR count). The minimum atomic E-state index is 0.00125. The second kappa shape index (κ2) is 4.43. The second-order valence-electron chi connectivity index (χ2n) is 4.69. The van der Waals surface area contributed by atoms with Crippen LogP contribution in [-0.2, 0) is 0 Å². The molecule has 76 valence electrons.